The van der Waals surface area contributed by atoms with Gasteiger partial charge in [-0.3, -0.25) is 0 Å². The van der Waals surface area contributed by atoms with E-state index in [1.54, 1.807) is 0 Å². The van der Waals surface area contributed by atoms with Crippen LogP contribution in [0, 0.1) is 5.92 Å². The van der Waals surface area contributed by atoms with Gasteiger partial charge in [0.1, 0.15) is 8.07 Å². The second-order valence-electron chi connectivity index (χ2n) is 6.74. The Kier molecular flexibility index (Phi) is 4.21. The van der Waals surface area contributed by atoms with E-state index in [1.807, 2.05) is 12.1 Å². The zero-order valence-corrected chi connectivity index (χ0v) is 14.2. The molecule has 22 heavy (non-hydrogen) atoms. The molecule has 0 radical (unpaired) electrons. The first-order valence-electron chi connectivity index (χ1n) is 8.04. The van der Waals surface area contributed by atoms with Crippen molar-refractivity contribution in [1.29, 1.82) is 0 Å². The quantitative estimate of drug-likeness (QED) is 0.851. The lowest BCUT2D eigenvalue weighted by Crippen LogP contribution is -2.61. The van der Waals surface area contributed by atoms with E-state index in [1.165, 1.54) is 10.4 Å². The first-order valence-corrected chi connectivity index (χ1v) is 10.3. The van der Waals surface area contributed by atoms with Crippen molar-refractivity contribution in [3.8, 4) is 0 Å². The summed E-state index contributed by atoms with van der Waals surface area (Å²) in [6.45, 7) is 4.33. The minimum absolute atomic E-state index is 0.132. The van der Waals surface area contributed by atoms with E-state index in [0.717, 1.165) is 0 Å². The summed E-state index contributed by atoms with van der Waals surface area (Å²) in [6.07, 6.45) is -1.26. The van der Waals surface area contributed by atoms with E-state index in [9.17, 15) is 10.2 Å². The molecule has 1 fully saturated rings. The number of hydrogen-bond donors (Lipinski definition) is 2. The number of hydrogen-bond acceptors (Lipinski definition) is 2. The Labute approximate surface area is 133 Å². The second kappa shape index (κ2) is 5.99. The average Bonchev–Trinajstić information content (AvgIpc) is 2.82. The molecule has 3 heteroatoms. The van der Waals surface area contributed by atoms with Crippen molar-refractivity contribution in [1.82, 2.24) is 0 Å². The summed E-state index contributed by atoms with van der Waals surface area (Å²) in [5, 5.41) is 23.8. The van der Waals surface area contributed by atoms with Crippen LogP contribution >= 0.6 is 0 Å². The van der Waals surface area contributed by atoms with Crippen LogP contribution in [0.3, 0.4) is 0 Å². The van der Waals surface area contributed by atoms with E-state index in [2.05, 4.69) is 62.4 Å². The number of aliphatic hydroxyl groups excluding tert-OH is 2. The van der Waals surface area contributed by atoms with Gasteiger partial charge in [0.25, 0.3) is 0 Å². The minimum Gasteiger partial charge on any atom is -0.391 e. The van der Waals surface area contributed by atoms with Crippen LogP contribution in [0.4, 0.5) is 0 Å². The van der Waals surface area contributed by atoms with Gasteiger partial charge in [-0.15, -0.1) is 0 Å². The topological polar surface area (TPSA) is 40.5 Å². The largest absolute Gasteiger partial charge is 0.391 e. The van der Waals surface area contributed by atoms with Gasteiger partial charge in [-0.25, -0.2) is 0 Å². The van der Waals surface area contributed by atoms with E-state index in [4.69, 9.17) is 0 Å². The highest BCUT2D eigenvalue weighted by Crippen LogP contribution is 2.44. The van der Waals surface area contributed by atoms with Crippen LogP contribution in [-0.2, 0) is 0 Å². The summed E-state index contributed by atoms with van der Waals surface area (Å²) in [5.74, 6) is 0.333. The molecule has 1 heterocycles. The fourth-order valence-electron chi connectivity index (χ4n) is 4.34. The predicted molar refractivity (Wildman–Crippen MR) is 93.3 cm³/mol. The molecule has 1 aliphatic rings. The maximum Gasteiger partial charge on any atom is 0.126 e. The molecule has 2 N–H and O–H groups in total. The Balaban J connectivity index is 2.24. The lowest BCUT2D eigenvalue weighted by molar-refractivity contribution is 0.0320. The van der Waals surface area contributed by atoms with Crippen LogP contribution in [0.2, 0.25) is 11.6 Å². The van der Waals surface area contributed by atoms with Crippen molar-refractivity contribution in [3.63, 3.8) is 0 Å². The average molecular weight is 312 g/mol. The number of benzene rings is 2. The highest BCUT2D eigenvalue weighted by Gasteiger charge is 2.57. The standard InChI is InChI=1S/C19H24O2Si/c1-14(2)19-18(21)17(20)13-22(19,15-9-5-3-6-10-15)16-11-7-4-8-12-16/h3-12,14,17-21H,13H2,1-2H3/t17-,18-,19+/m1/s1. The Morgan fingerprint density at radius 1 is 0.864 bits per heavy atom. The van der Waals surface area contributed by atoms with Crippen molar-refractivity contribution < 1.29 is 10.2 Å². The predicted octanol–water partition coefficient (Wildman–Crippen LogP) is 2.01. The fraction of sp³-hybridized carbons (Fsp3) is 0.368. The van der Waals surface area contributed by atoms with Crippen LogP contribution < -0.4 is 10.4 Å². The highest BCUT2D eigenvalue weighted by atomic mass is 28.3. The van der Waals surface area contributed by atoms with Gasteiger partial charge >= 0.3 is 0 Å². The highest BCUT2D eigenvalue weighted by molar-refractivity contribution is 7.04. The molecule has 0 bridgehead atoms. The summed E-state index contributed by atoms with van der Waals surface area (Å²) in [5.41, 5.74) is 0.132. The molecular formula is C19H24O2Si. The van der Waals surface area contributed by atoms with Gasteiger partial charge in [0, 0.05) is 0 Å². The summed E-state index contributed by atoms with van der Waals surface area (Å²) in [4.78, 5) is 0. The summed E-state index contributed by atoms with van der Waals surface area (Å²) >= 11 is 0. The molecule has 0 aliphatic carbocycles. The molecule has 0 spiro atoms. The molecule has 0 unspecified atom stereocenters. The first kappa shape index (κ1) is 15.5. The molecule has 2 nitrogen and oxygen atoms in total. The lowest BCUT2D eigenvalue weighted by Gasteiger charge is -2.37. The van der Waals surface area contributed by atoms with Crippen molar-refractivity contribution in [2.24, 2.45) is 5.92 Å². The molecule has 0 aromatic heterocycles. The molecule has 1 aliphatic heterocycles. The first-order chi connectivity index (χ1) is 10.6. The molecule has 2 aromatic rings. The zero-order chi connectivity index (χ0) is 15.7. The number of rotatable bonds is 3. The van der Waals surface area contributed by atoms with Gasteiger partial charge in [-0.2, -0.15) is 0 Å². The summed E-state index contributed by atoms with van der Waals surface area (Å²) in [6, 6.07) is 21.8. The van der Waals surface area contributed by atoms with Crippen LogP contribution in [0.15, 0.2) is 60.7 Å². The number of aliphatic hydroxyl groups is 2. The van der Waals surface area contributed by atoms with E-state index in [-0.39, 0.29) is 5.54 Å². The third-order valence-electron chi connectivity index (χ3n) is 5.16. The van der Waals surface area contributed by atoms with Gasteiger partial charge in [0.2, 0.25) is 0 Å². The third kappa shape index (κ3) is 2.34. The Hall–Kier alpha value is -1.42. The smallest absolute Gasteiger partial charge is 0.126 e. The van der Waals surface area contributed by atoms with E-state index < -0.39 is 20.3 Å². The maximum absolute atomic E-state index is 10.7. The third-order valence-corrected chi connectivity index (χ3v) is 11.1. The second-order valence-corrected chi connectivity index (χ2v) is 10.9. The summed E-state index contributed by atoms with van der Waals surface area (Å²) < 4.78 is 0. The molecule has 0 saturated carbocycles. The molecule has 1 saturated heterocycles. The molecular weight excluding hydrogens is 288 g/mol. The maximum atomic E-state index is 10.7. The molecule has 3 atom stereocenters. The van der Waals surface area contributed by atoms with Crippen LogP contribution in [0.1, 0.15) is 13.8 Å². The van der Waals surface area contributed by atoms with Gasteiger partial charge in [-0.05, 0) is 17.5 Å². The Morgan fingerprint density at radius 2 is 1.32 bits per heavy atom. The van der Waals surface area contributed by atoms with Crippen molar-refractivity contribution in [2.45, 2.75) is 37.6 Å². The van der Waals surface area contributed by atoms with E-state index >= 15 is 0 Å². The molecule has 0 amide bonds. The van der Waals surface area contributed by atoms with Gasteiger partial charge < -0.3 is 10.2 Å². The molecule has 116 valence electrons. The molecule has 3 rings (SSSR count). The lowest BCUT2D eigenvalue weighted by atomic mass is 10.0. The van der Waals surface area contributed by atoms with Crippen molar-refractivity contribution >= 4 is 18.4 Å². The monoisotopic (exact) mass is 312 g/mol. The fourth-order valence-corrected chi connectivity index (χ4v) is 10.6. The Morgan fingerprint density at radius 3 is 1.73 bits per heavy atom. The van der Waals surface area contributed by atoms with Crippen LogP contribution in [0.5, 0.6) is 0 Å². The zero-order valence-electron chi connectivity index (χ0n) is 13.2. The molecule has 2 aromatic carbocycles. The summed E-state index contributed by atoms with van der Waals surface area (Å²) in [7, 11) is -2.20. The minimum atomic E-state index is -2.20. The van der Waals surface area contributed by atoms with Gasteiger partial charge in [0.15, 0.2) is 0 Å². The van der Waals surface area contributed by atoms with Gasteiger partial charge in [0.05, 0.1) is 12.2 Å². The van der Waals surface area contributed by atoms with Crippen LogP contribution in [-0.4, -0.2) is 30.5 Å². The SMILES string of the molecule is CC(C)[C@H]1[C@H](O)[C@H](O)C[Si]1(c1ccccc1)c1ccccc1. The van der Waals surface area contributed by atoms with Gasteiger partial charge in [-0.1, -0.05) is 84.9 Å². The normalized spacial score (nSPS) is 27.2. The van der Waals surface area contributed by atoms with Crippen molar-refractivity contribution in [3.05, 3.63) is 60.7 Å². The van der Waals surface area contributed by atoms with E-state index in [0.29, 0.717) is 12.0 Å². The van der Waals surface area contributed by atoms with Crippen LogP contribution in [0.25, 0.3) is 0 Å². The van der Waals surface area contributed by atoms with Crippen molar-refractivity contribution in [2.75, 3.05) is 0 Å². The Bertz CT molecular complexity index is 572.